The molecule has 0 radical (unpaired) electrons. The molecule has 0 aliphatic carbocycles. The second kappa shape index (κ2) is 4.78. The van der Waals surface area contributed by atoms with Crippen molar-refractivity contribution in [2.24, 2.45) is 0 Å². The third-order valence-corrected chi connectivity index (χ3v) is 5.17. The van der Waals surface area contributed by atoms with Crippen LogP contribution in [0, 0.1) is 0 Å². The van der Waals surface area contributed by atoms with E-state index in [0.717, 1.165) is 6.07 Å². The van der Waals surface area contributed by atoms with E-state index in [4.69, 9.17) is 11.6 Å². The van der Waals surface area contributed by atoms with Crippen LogP contribution in [0.3, 0.4) is 0 Å². The molecule has 0 aromatic carbocycles. The molecule has 0 unspecified atom stereocenters. The average molecular weight is 279 g/mol. The summed E-state index contributed by atoms with van der Waals surface area (Å²) in [6.07, 6.45) is 1.25. The molecule has 0 aliphatic rings. The maximum absolute atomic E-state index is 11.8. The van der Waals surface area contributed by atoms with Crippen LogP contribution in [0.5, 0.6) is 0 Å². The Kier molecular flexibility index (Phi) is 3.99. The van der Waals surface area contributed by atoms with Gasteiger partial charge in [-0.15, -0.1) is 0 Å². The van der Waals surface area contributed by atoms with E-state index in [1.54, 1.807) is 20.8 Å². The summed E-state index contributed by atoms with van der Waals surface area (Å²) >= 11 is 5.54. The number of rotatable bonds is 3. The highest BCUT2D eigenvalue weighted by atomic mass is 35.5. The van der Waals surface area contributed by atoms with Gasteiger partial charge in [-0.3, -0.25) is 9.36 Å². The van der Waals surface area contributed by atoms with Gasteiger partial charge in [0.1, 0.15) is 5.15 Å². The topological polar surface area (TPSA) is 69.0 Å². The van der Waals surface area contributed by atoms with Crippen LogP contribution in [0.4, 0.5) is 0 Å². The van der Waals surface area contributed by atoms with E-state index in [9.17, 15) is 13.2 Å². The van der Waals surface area contributed by atoms with Crippen LogP contribution in [0.1, 0.15) is 20.8 Å². The fourth-order valence-corrected chi connectivity index (χ4v) is 2.28. The van der Waals surface area contributed by atoms with Gasteiger partial charge < -0.3 is 0 Å². The Morgan fingerprint density at radius 1 is 1.41 bits per heavy atom. The molecule has 1 aromatic rings. The Labute approximate surface area is 105 Å². The van der Waals surface area contributed by atoms with Gasteiger partial charge in [0, 0.05) is 12.6 Å². The van der Waals surface area contributed by atoms with Crippen molar-refractivity contribution in [3.05, 3.63) is 27.9 Å². The molecule has 0 amide bonds. The van der Waals surface area contributed by atoms with Crippen molar-refractivity contribution in [1.29, 1.82) is 0 Å². The van der Waals surface area contributed by atoms with E-state index in [1.807, 2.05) is 0 Å². The van der Waals surface area contributed by atoms with E-state index in [-0.39, 0.29) is 23.0 Å². The number of halogens is 1. The van der Waals surface area contributed by atoms with Gasteiger partial charge in [-0.1, -0.05) is 11.6 Å². The highest BCUT2D eigenvalue weighted by Gasteiger charge is 2.28. The Morgan fingerprint density at radius 2 is 2.00 bits per heavy atom. The average Bonchev–Trinajstić information content (AvgIpc) is 2.14. The fraction of sp³-hybridized carbons (Fsp3) is 0.600. The lowest BCUT2D eigenvalue weighted by Crippen LogP contribution is -2.33. The van der Waals surface area contributed by atoms with Crippen molar-refractivity contribution >= 4 is 21.4 Å². The number of nitrogens with zero attached hydrogens (tertiary/aromatic N) is 2. The molecule has 0 aliphatic heterocycles. The summed E-state index contributed by atoms with van der Waals surface area (Å²) in [5.41, 5.74) is -0.353. The predicted molar refractivity (Wildman–Crippen MR) is 67.0 cm³/mol. The third-order valence-electron chi connectivity index (χ3n) is 2.38. The van der Waals surface area contributed by atoms with Crippen LogP contribution in [0.2, 0.25) is 5.15 Å². The standard InChI is InChI=1S/C10H15ClN2O3S/c1-10(2,3)17(15,16)5-4-13-7-12-8(11)6-9(13)14/h6-7H,4-5H2,1-3H3. The molecule has 1 aromatic heterocycles. The van der Waals surface area contributed by atoms with Crippen molar-refractivity contribution in [2.75, 3.05) is 5.75 Å². The maximum Gasteiger partial charge on any atom is 0.254 e. The minimum atomic E-state index is -3.24. The van der Waals surface area contributed by atoms with Crippen LogP contribution < -0.4 is 5.56 Å². The van der Waals surface area contributed by atoms with E-state index >= 15 is 0 Å². The van der Waals surface area contributed by atoms with Gasteiger partial charge >= 0.3 is 0 Å². The first-order valence-electron chi connectivity index (χ1n) is 5.08. The molecule has 0 spiro atoms. The first-order valence-corrected chi connectivity index (χ1v) is 7.11. The summed E-state index contributed by atoms with van der Waals surface area (Å²) in [7, 11) is -3.24. The van der Waals surface area contributed by atoms with Crippen LogP contribution in [0.15, 0.2) is 17.2 Å². The third kappa shape index (κ3) is 3.54. The second-order valence-electron chi connectivity index (χ2n) is 4.67. The van der Waals surface area contributed by atoms with Gasteiger partial charge in [-0.05, 0) is 20.8 Å². The summed E-state index contributed by atoms with van der Waals surface area (Å²) in [6, 6.07) is 1.16. The maximum atomic E-state index is 11.8. The first-order chi connectivity index (χ1) is 7.63. The zero-order valence-electron chi connectivity index (χ0n) is 9.97. The number of sulfone groups is 1. The van der Waals surface area contributed by atoms with Crippen molar-refractivity contribution in [1.82, 2.24) is 9.55 Å². The molecule has 0 bridgehead atoms. The van der Waals surface area contributed by atoms with Crippen molar-refractivity contribution in [3.8, 4) is 0 Å². The Balaban J connectivity index is 2.86. The van der Waals surface area contributed by atoms with Crippen LogP contribution in [0.25, 0.3) is 0 Å². The van der Waals surface area contributed by atoms with Gasteiger partial charge in [0.25, 0.3) is 5.56 Å². The summed E-state index contributed by atoms with van der Waals surface area (Å²) in [6.45, 7) is 4.98. The predicted octanol–water partition coefficient (Wildman–Crippen LogP) is 1.11. The van der Waals surface area contributed by atoms with Crippen molar-refractivity contribution in [3.63, 3.8) is 0 Å². The van der Waals surface area contributed by atoms with E-state index in [0.29, 0.717) is 0 Å². The summed E-state index contributed by atoms with van der Waals surface area (Å²) < 4.78 is 24.1. The number of aryl methyl sites for hydroxylation is 1. The van der Waals surface area contributed by atoms with Crippen molar-refractivity contribution < 1.29 is 8.42 Å². The molecule has 1 rings (SSSR count). The van der Waals surface area contributed by atoms with Crippen molar-refractivity contribution in [2.45, 2.75) is 32.1 Å². The molecule has 5 nitrogen and oxygen atoms in total. The fourth-order valence-electron chi connectivity index (χ4n) is 1.10. The van der Waals surface area contributed by atoms with E-state index < -0.39 is 14.6 Å². The summed E-state index contributed by atoms with van der Waals surface area (Å²) in [5, 5.41) is 0.102. The van der Waals surface area contributed by atoms with Crippen LogP contribution in [-0.2, 0) is 16.4 Å². The number of hydrogen-bond acceptors (Lipinski definition) is 4. The Hall–Kier alpha value is -0.880. The smallest absolute Gasteiger partial charge is 0.254 e. The molecule has 1 heterocycles. The molecule has 0 saturated heterocycles. The second-order valence-corrected chi connectivity index (χ2v) is 7.92. The molecule has 17 heavy (non-hydrogen) atoms. The van der Waals surface area contributed by atoms with Gasteiger partial charge in [0.2, 0.25) is 0 Å². The molecule has 96 valence electrons. The summed E-state index contributed by atoms with van der Waals surface area (Å²) in [5.74, 6) is -0.0975. The molecule has 0 N–H and O–H groups in total. The lowest BCUT2D eigenvalue weighted by molar-refractivity contribution is 0.552. The minimum Gasteiger partial charge on any atom is -0.298 e. The zero-order valence-corrected chi connectivity index (χ0v) is 11.5. The summed E-state index contributed by atoms with van der Waals surface area (Å²) in [4.78, 5) is 15.2. The number of aromatic nitrogens is 2. The van der Waals surface area contributed by atoms with Crippen LogP contribution >= 0.6 is 11.6 Å². The van der Waals surface area contributed by atoms with Gasteiger partial charge in [-0.2, -0.15) is 0 Å². The quantitative estimate of drug-likeness (QED) is 0.777. The molecular weight excluding hydrogens is 264 g/mol. The van der Waals surface area contributed by atoms with Crippen LogP contribution in [-0.4, -0.2) is 28.5 Å². The lowest BCUT2D eigenvalue weighted by atomic mass is 10.3. The molecule has 7 heteroatoms. The van der Waals surface area contributed by atoms with Gasteiger partial charge in [-0.25, -0.2) is 13.4 Å². The van der Waals surface area contributed by atoms with Gasteiger partial charge in [0.05, 0.1) is 16.8 Å². The van der Waals surface area contributed by atoms with Gasteiger partial charge in [0.15, 0.2) is 9.84 Å². The Bertz CT molecular complexity index is 558. The molecule has 0 atom stereocenters. The number of hydrogen-bond donors (Lipinski definition) is 0. The molecular formula is C10H15ClN2O3S. The monoisotopic (exact) mass is 278 g/mol. The Morgan fingerprint density at radius 3 is 2.47 bits per heavy atom. The molecule has 0 fully saturated rings. The first kappa shape index (κ1) is 14.2. The lowest BCUT2D eigenvalue weighted by Gasteiger charge is -2.19. The SMILES string of the molecule is CC(C)(C)S(=O)(=O)CCn1cnc(Cl)cc1=O. The van der Waals surface area contributed by atoms with E-state index in [2.05, 4.69) is 4.98 Å². The zero-order chi connectivity index (χ0) is 13.3. The molecule has 0 saturated carbocycles. The normalized spacial score (nSPS) is 12.7. The highest BCUT2D eigenvalue weighted by Crippen LogP contribution is 2.15. The minimum absolute atomic E-state index is 0.0859. The largest absolute Gasteiger partial charge is 0.298 e. The van der Waals surface area contributed by atoms with E-state index in [1.165, 1.54) is 10.9 Å². The highest BCUT2D eigenvalue weighted by molar-refractivity contribution is 7.92.